The van der Waals surface area contributed by atoms with Crippen LogP contribution < -0.4 is 0 Å². The van der Waals surface area contributed by atoms with E-state index in [1.807, 2.05) is 12.1 Å². The van der Waals surface area contributed by atoms with Crippen molar-refractivity contribution in [2.24, 2.45) is 0 Å². The van der Waals surface area contributed by atoms with Crippen molar-refractivity contribution in [1.82, 2.24) is 4.98 Å². The summed E-state index contributed by atoms with van der Waals surface area (Å²) >= 11 is 11.1. The van der Waals surface area contributed by atoms with Crippen molar-refractivity contribution in [3.8, 4) is 0 Å². The van der Waals surface area contributed by atoms with Gasteiger partial charge in [-0.05, 0) is 11.6 Å². The Hall–Kier alpha value is -0.270. The van der Waals surface area contributed by atoms with Crippen LogP contribution in [0.15, 0.2) is 18.3 Å². The van der Waals surface area contributed by atoms with Crippen molar-refractivity contribution in [2.75, 3.05) is 0 Å². The molecule has 0 fully saturated rings. The van der Waals surface area contributed by atoms with Gasteiger partial charge in [-0.2, -0.15) is 0 Å². The molecular weight excluding hydrogens is 169 g/mol. The summed E-state index contributed by atoms with van der Waals surface area (Å²) in [7, 11) is 0. The van der Waals surface area contributed by atoms with Crippen molar-refractivity contribution in [3.63, 3.8) is 0 Å². The zero-order valence-electron chi connectivity index (χ0n) is 5.35. The van der Waals surface area contributed by atoms with E-state index in [-0.39, 0.29) is 0 Å². The second kappa shape index (κ2) is 3.79. The van der Waals surface area contributed by atoms with Gasteiger partial charge in [-0.3, -0.25) is 4.98 Å². The largest absolute Gasteiger partial charge is 0.260 e. The van der Waals surface area contributed by atoms with E-state index in [0.717, 1.165) is 11.3 Å². The Morgan fingerprint density at radius 3 is 2.40 bits per heavy atom. The molecule has 54 valence electrons. The Kier molecular flexibility index (Phi) is 2.97. The van der Waals surface area contributed by atoms with E-state index in [0.29, 0.717) is 11.8 Å². The van der Waals surface area contributed by atoms with Crippen LogP contribution in [0, 0.1) is 0 Å². The van der Waals surface area contributed by atoms with E-state index >= 15 is 0 Å². The molecule has 0 saturated heterocycles. The minimum Gasteiger partial charge on any atom is -0.260 e. The molecule has 0 aliphatic heterocycles. The molecule has 0 saturated carbocycles. The Morgan fingerprint density at radius 2 is 2.00 bits per heavy atom. The average Bonchev–Trinajstić information content (AvgIpc) is 2.05. The van der Waals surface area contributed by atoms with Crippen molar-refractivity contribution in [3.05, 3.63) is 29.6 Å². The molecule has 10 heavy (non-hydrogen) atoms. The molecule has 0 aliphatic carbocycles. The van der Waals surface area contributed by atoms with Crippen molar-refractivity contribution >= 4 is 23.2 Å². The zero-order valence-corrected chi connectivity index (χ0v) is 6.86. The summed E-state index contributed by atoms with van der Waals surface area (Å²) < 4.78 is 0. The third kappa shape index (κ3) is 1.86. The highest BCUT2D eigenvalue weighted by atomic mass is 35.5. The van der Waals surface area contributed by atoms with Crippen LogP contribution in [-0.2, 0) is 11.8 Å². The van der Waals surface area contributed by atoms with Crippen molar-refractivity contribution < 1.29 is 0 Å². The topological polar surface area (TPSA) is 12.9 Å². The molecule has 0 unspecified atom stereocenters. The van der Waals surface area contributed by atoms with Crippen LogP contribution in [0.5, 0.6) is 0 Å². The van der Waals surface area contributed by atoms with Crippen LogP contribution in [0.2, 0.25) is 0 Å². The lowest BCUT2D eigenvalue weighted by molar-refractivity contribution is 1.14. The van der Waals surface area contributed by atoms with E-state index in [9.17, 15) is 0 Å². The highest BCUT2D eigenvalue weighted by Crippen LogP contribution is 2.04. The lowest BCUT2D eigenvalue weighted by Crippen LogP contribution is -1.85. The maximum Gasteiger partial charge on any atom is 0.0647 e. The number of hydrogen-bond donors (Lipinski definition) is 0. The zero-order chi connectivity index (χ0) is 7.40. The number of hydrogen-bond acceptors (Lipinski definition) is 1. The van der Waals surface area contributed by atoms with Crippen LogP contribution in [-0.4, -0.2) is 4.98 Å². The Balaban J connectivity index is 2.80. The molecule has 0 aromatic carbocycles. The highest BCUT2D eigenvalue weighted by molar-refractivity contribution is 6.17. The second-order valence-electron chi connectivity index (χ2n) is 1.93. The van der Waals surface area contributed by atoms with Gasteiger partial charge in [-0.1, -0.05) is 6.07 Å². The van der Waals surface area contributed by atoms with Crippen molar-refractivity contribution in [1.29, 1.82) is 0 Å². The van der Waals surface area contributed by atoms with Crippen LogP contribution in [0.3, 0.4) is 0 Å². The Bertz CT molecular complexity index is 172. The van der Waals surface area contributed by atoms with Crippen molar-refractivity contribution in [2.45, 2.75) is 11.8 Å². The van der Waals surface area contributed by atoms with E-state index in [4.69, 9.17) is 23.2 Å². The van der Waals surface area contributed by atoms with Gasteiger partial charge < -0.3 is 0 Å². The molecule has 0 atom stereocenters. The van der Waals surface area contributed by atoms with Gasteiger partial charge in [-0.25, -0.2) is 0 Å². The molecule has 0 spiro atoms. The highest BCUT2D eigenvalue weighted by Gasteiger charge is 1.91. The summed E-state index contributed by atoms with van der Waals surface area (Å²) in [5.41, 5.74) is 1.91. The summed E-state index contributed by atoms with van der Waals surface area (Å²) in [6.07, 6.45) is 1.74. The summed E-state index contributed by atoms with van der Waals surface area (Å²) in [6.45, 7) is 0. The predicted octanol–water partition coefficient (Wildman–Crippen LogP) is 2.56. The summed E-state index contributed by atoms with van der Waals surface area (Å²) in [6, 6.07) is 3.81. The molecule has 1 aromatic heterocycles. The van der Waals surface area contributed by atoms with Gasteiger partial charge in [0, 0.05) is 12.1 Å². The quantitative estimate of drug-likeness (QED) is 0.631. The molecule has 1 aromatic rings. The maximum atomic E-state index is 5.55. The standard InChI is InChI=1S/C7H7Cl2N/c8-3-6-1-2-7(4-9)10-5-6/h1-2,5H,3-4H2. The number of nitrogens with zero attached hydrogens (tertiary/aromatic N) is 1. The molecular formula is C7H7Cl2N. The van der Waals surface area contributed by atoms with Gasteiger partial charge in [0.1, 0.15) is 0 Å². The third-order valence-corrected chi connectivity index (χ3v) is 1.76. The fraction of sp³-hybridized carbons (Fsp3) is 0.286. The van der Waals surface area contributed by atoms with Crippen LogP contribution in [0.4, 0.5) is 0 Å². The molecule has 1 nitrogen and oxygen atoms in total. The smallest absolute Gasteiger partial charge is 0.0647 e. The molecule has 0 radical (unpaired) electrons. The number of pyridine rings is 1. The van der Waals surface area contributed by atoms with E-state index in [2.05, 4.69) is 4.98 Å². The first-order valence-electron chi connectivity index (χ1n) is 2.92. The average molecular weight is 176 g/mol. The number of alkyl halides is 2. The number of halogens is 2. The first-order valence-corrected chi connectivity index (χ1v) is 3.99. The van der Waals surface area contributed by atoms with E-state index in [1.165, 1.54) is 0 Å². The second-order valence-corrected chi connectivity index (χ2v) is 2.46. The molecule has 1 rings (SSSR count). The van der Waals surface area contributed by atoms with E-state index < -0.39 is 0 Å². The molecule has 3 heteroatoms. The number of rotatable bonds is 2. The first kappa shape index (κ1) is 7.83. The third-order valence-electron chi connectivity index (χ3n) is 1.18. The minimum absolute atomic E-state index is 0.461. The Labute approximate surface area is 70.0 Å². The normalized spacial score (nSPS) is 9.80. The first-order chi connectivity index (χ1) is 4.86. The molecule has 0 amide bonds. The fourth-order valence-electron chi connectivity index (χ4n) is 0.613. The Morgan fingerprint density at radius 1 is 1.20 bits per heavy atom. The molecule has 0 bridgehead atoms. The van der Waals surface area contributed by atoms with Crippen LogP contribution >= 0.6 is 23.2 Å². The lowest BCUT2D eigenvalue weighted by Gasteiger charge is -1.94. The SMILES string of the molecule is ClCc1ccc(CCl)nc1. The number of aromatic nitrogens is 1. The van der Waals surface area contributed by atoms with Gasteiger partial charge in [0.2, 0.25) is 0 Å². The monoisotopic (exact) mass is 175 g/mol. The summed E-state index contributed by atoms with van der Waals surface area (Å²) in [4.78, 5) is 4.05. The minimum atomic E-state index is 0.461. The van der Waals surface area contributed by atoms with Gasteiger partial charge in [-0.15, -0.1) is 23.2 Å². The molecule has 0 aliphatic rings. The van der Waals surface area contributed by atoms with Crippen LogP contribution in [0.1, 0.15) is 11.3 Å². The summed E-state index contributed by atoms with van der Waals surface area (Å²) in [5.74, 6) is 0.970. The van der Waals surface area contributed by atoms with Gasteiger partial charge in [0.15, 0.2) is 0 Å². The lowest BCUT2D eigenvalue weighted by atomic mass is 10.3. The van der Waals surface area contributed by atoms with Gasteiger partial charge in [0.05, 0.1) is 11.6 Å². The predicted molar refractivity (Wildman–Crippen MR) is 43.4 cm³/mol. The van der Waals surface area contributed by atoms with E-state index in [1.54, 1.807) is 6.20 Å². The summed E-state index contributed by atoms with van der Waals surface area (Å²) in [5, 5.41) is 0. The van der Waals surface area contributed by atoms with Gasteiger partial charge in [0.25, 0.3) is 0 Å². The molecule has 1 heterocycles. The van der Waals surface area contributed by atoms with Gasteiger partial charge >= 0.3 is 0 Å². The van der Waals surface area contributed by atoms with Crippen LogP contribution in [0.25, 0.3) is 0 Å². The maximum absolute atomic E-state index is 5.55. The fourth-order valence-corrected chi connectivity index (χ4v) is 0.929. The molecule has 0 N–H and O–H groups in total.